The molecule has 0 aromatic heterocycles. The largest absolute Gasteiger partial charge is 0.490 e. The first-order valence-corrected chi connectivity index (χ1v) is 14.7. The summed E-state index contributed by atoms with van der Waals surface area (Å²) in [6.45, 7) is 4.45. The third kappa shape index (κ3) is 8.77. The minimum Gasteiger partial charge on any atom is -0.475 e. The van der Waals surface area contributed by atoms with E-state index >= 15 is 0 Å². The number of sulfonamides is 1. The number of rotatable bonds is 8. The first-order chi connectivity index (χ1) is 18.7. The predicted molar refractivity (Wildman–Crippen MR) is 138 cm³/mol. The molecular weight excluding hydrogens is 581 g/mol. The lowest BCUT2D eigenvalue weighted by Crippen LogP contribution is -2.55. The van der Waals surface area contributed by atoms with Crippen molar-refractivity contribution in [3.63, 3.8) is 0 Å². The number of hydrogen-bond donors (Lipinski definition) is 3. The van der Waals surface area contributed by atoms with Gasteiger partial charge in [0, 0.05) is 31.2 Å². The molecule has 1 aromatic rings. The fourth-order valence-corrected chi connectivity index (χ4v) is 6.96. The number of amides is 3. The minimum absolute atomic E-state index is 0.266. The van der Waals surface area contributed by atoms with Gasteiger partial charge in [-0.3, -0.25) is 15.0 Å². The number of halogens is 4. The highest BCUT2D eigenvalue weighted by Crippen LogP contribution is 2.31. The van der Waals surface area contributed by atoms with Crippen LogP contribution in [0.15, 0.2) is 24.3 Å². The second-order valence-electron chi connectivity index (χ2n) is 9.83. The lowest BCUT2D eigenvalue weighted by molar-refractivity contribution is -0.192. The number of alkyl halides is 3. The molecule has 11 nitrogen and oxygen atoms in total. The molecule has 0 saturated carbocycles. The van der Waals surface area contributed by atoms with Crippen LogP contribution in [-0.2, 0) is 24.3 Å². The van der Waals surface area contributed by atoms with Gasteiger partial charge < -0.3 is 15.2 Å². The first kappa shape index (κ1) is 32.1. The zero-order valence-corrected chi connectivity index (χ0v) is 23.2. The number of imide groups is 1. The molecule has 1 unspecified atom stereocenters. The van der Waals surface area contributed by atoms with E-state index < -0.39 is 45.4 Å². The van der Waals surface area contributed by atoms with Crippen LogP contribution >= 0.6 is 11.6 Å². The van der Waals surface area contributed by atoms with E-state index in [4.69, 9.17) is 26.2 Å². The van der Waals surface area contributed by atoms with Gasteiger partial charge in [-0.05, 0) is 55.8 Å². The van der Waals surface area contributed by atoms with Gasteiger partial charge in [0.05, 0.1) is 19.0 Å². The normalized spacial score (nSPS) is 23.2. The summed E-state index contributed by atoms with van der Waals surface area (Å²) >= 11 is 5.97. The van der Waals surface area contributed by atoms with Crippen molar-refractivity contribution in [2.75, 3.05) is 51.7 Å². The molecule has 40 heavy (non-hydrogen) atoms. The van der Waals surface area contributed by atoms with Crippen LogP contribution in [0.1, 0.15) is 37.2 Å². The number of urea groups is 1. The molecular formula is C24H32ClF3N4O7S. The fraction of sp³-hybridized carbons (Fsp3) is 0.625. The van der Waals surface area contributed by atoms with Gasteiger partial charge in [-0.2, -0.15) is 13.2 Å². The average Bonchev–Trinajstić information content (AvgIpc) is 3.16. The standard InChI is InChI=1S/C22H31ClN4O5S.C2HF3O2/c23-19-4-2-17(3-5-19)18-6-10-27(11-7-18)33(30,31)16-22(20(28)24-21(29)25-22)8-1-9-26-12-14-32-15-13-26;3-2(4,5)1(6)7/h2-5,18H,1,6-16H2,(H2,24,25,28,29);(H,6,7). The zero-order valence-electron chi connectivity index (χ0n) is 21.6. The quantitative estimate of drug-likeness (QED) is 0.379. The summed E-state index contributed by atoms with van der Waals surface area (Å²) in [5.74, 6) is -3.47. The average molecular weight is 613 g/mol. The smallest absolute Gasteiger partial charge is 0.475 e. The monoisotopic (exact) mass is 612 g/mol. The molecule has 3 N–H and O–H groups in total. The van der Waals surface area contributed by atoms with E-state index in [1.165, 1.54) is 4.31 Å². The number of hydrogen-bond acceptors (Lipinski definition) is 7. The summed E-state index contributed by atoms with van der Waals surface area (Å²) in [5.41, 5.74) is -0.284. The molecule has 16 heteroatoms. The number of nitrogens with one attached hydrogen (secondary N) is 2. The molecule has 3 heterocycles. The number of carbonyl (C=O) groups is 3. The number of aliphatic carboxylic acids is 1. The number of carboxylic acid groups (broad SMARTS) is 1. The van der Waals surface area contributed by atoms with Crippen molar-refractivity contribution in [2.45, 2.75) is 43.3 Å². The molecule has 3 aliphatic rings. The maximum atomic E-state index is 13.3. The van der Waals surface area contributed by atoms with E-state index in [1.807, 2.05) is 24.3 Å². The molecule has 0 bridgehead atoms. The Hall–Kier alpha value is -2.46. The van der Waals surface area contributed by atoms with Crippen molar-refractivity contribution in [3.05, 3.63) is 34.9 Å². The molecule has 1 atom stereocenters. The predicted octanol–water partition coefficient (Wildman–Crippen LogP) is 2.17. The Morgan fingerprint density at radius 2 is 1.68 bits per heavy atom. The molecule has 0 aliphatic carbocycles. The number of piperidine rings is 1. The zero-order chi connectivity index (χ0) is 29.6. The molecule has 3 fully saturated rings. The number of ether oxygens (including phenoxy) is 1. The van der Waals surface area contributed by atoms with Crippen LogP contribution in [0.2, 0.25) is 5.02 Å². The second kappa shape index (κ2) is 13.5. The van der Waals surface area contributed by atoms with E-state index in [-0.39, 0.29) is 12.3 Å². The van der Waals surface area contributed by atoms with Gasteiger partial charge >= 0.3 is 18.2 Å². The molecule has 0 spiro atoms. The Morgan fingerprint density at radius 1 is 1.10 bits per heavy atom. The van der Waals surface area contributed by atoms with E-state index in [9.17, 15) is 31.2 Å². The minimum atomic E-state index is -5.08. The first-order valence-electron chi connectivity index (χ1n) is 12.7. The van der Waals surface area contributed by atoms with Crippen LogP contribution < -0.4 is 10.6 Å². The van der Waals surface area contributed by atoms with Gasteiger partial charge in [0.1, 0.15) is 5.54 Å². The Morgan fingerprint density at radius 3 is 2.17 bits per heavy atom. The second-order valence-corrected chi connectivity index (χ2v) is 12.2. The van der Waals surface area contributed by atoms with Crippen molar-refractivity contribution < 1.29 is 45.8 Å². The van der Waals surface area contributed by atoms with Crippen LogP contribution in [0.25, 0.3) is 0 Å². The lowest BCUT2D eigenvalue weighted by atomic mass is 9.90. The molecule has 4 rings (SSSR count). The number of carboxylic acids is 1. The highest BCUT2D eigenvalue weighted by molar-refractivity contribution is 7.89. The number of carbonyl (C=O) groups excluding carboxylic acids is 2. The van der Waals surface area contributed by atoms with Gasteiger partial charge in [0.2, 0.25) is 10.0 Å². The summed E-state index contributed by atoms with van der Waals surface area (Å²) in [4.78, 5) is 35.7. The fourth-order valence-electron chi connectivity index (χ4n) is 4.91. The van der Waals surface area contributed by atoms with Crippen molar-refractivity contribution in [3.8, 4) is 0 Å². The molecule has 3 aliphatic heterocycles. The van der Waals surface area contributed by atoms with Crippen LogP contribution in [-0.4, -0.2) is 104 Å². The third-order valence-corrected chi connectivity index (χ3v) is 9.32. The van der Waals surface area contributed by atoms with Gasteiger partial charge in [0.25, 0.3) is 5.91 Å². The molecule has 224 valence electrons. The van der Waals surface area contributed by atoms with Crippen LogP contribution in [0.5, 0.6) is 0 Å². The maximum Gasteiger partial charge on any atom is 0.490 e. The SMILES string of the molecule is O=C(O)C(F)(F)F.O=C1NC(=O)C(CCCN2CCOCC2)(CS(=O)(=O)N2CCC(c3ccc(Cl)cc3)CC2)N1. The molecule has 3 amide bonds. The molecule has 3 saturated heterocycles. The highest BCUT2D eigenvalue weighted by Gasteiger charge is 2.50. The number of morpholine rings is 1. The lowest BCUT2D eigenvalue weighted by Gasteiger charge is -2.34. The molecule has 1 aromatic carbocycles. The Bertz CT molecular complexity index is 1160. The van der Waals surface area contributed by atoms with Gasteiger partial charge in [0.15, 0.2) is 0 Å². The van der Waals surface area contributed by atoms with E-state index in [0.717, 1.165) is 25.2 Å². The number of nitrogens with zero attached hydrogens (tertiary/aromatic N) is 2. The summed E-state index contributed by atoms with van der Waals surface area (Å²) in [6, 6.07) is 7.03. The van der Waals surface area contributed by atoms with Gasteiger partial charge in [-0.25, -0.2) is 22.3 Å². The molecule has 0 radical (unpaired) electrons. The third-order valence-electron chi connectivity index (χ3n) is 7.06. The number of benzene rings is 1. The Balaban J connectivity index is 0.000000559. The summed E-state index contributed by atoms with van der Waals surface area (Å²) < 4.78 is 65.2. The van der Waals surface area contributed by atoms with Crippen LogP contribution in [0, 0.1) is 0 Å². The van der Waals surface area contributed by atoms with Crippen LogP contribution in [0.4, 0.5) is 18.0 Å². The topological polar surface area (TPSA) is 145 Å². The van der Waals surface area contributed by atoms with Crippen molar-refractivity contribution in [2.24, 2.45) is 0 Å². The Labute approximate surface area is 235 Å². The van der Waals surface area contributed by atoms with E-state index in [2.05, 4.69) is 15.5 Å². The summed E-state index contributed by atoms with van der Waals surface area (Å²) in [6.07, 6.45) is -2.82. The van der Waals surface area contributed by atoms with E-state index in [0.29, 0.717) is 50.6 Å². The highest BCUT2D eigenvalue weighted by atomic mass is 35.5. The maximum absolute atomic E-state index is 13.3. The van der Waals surface area contributed by atoms with Crippen LogP contribution in [0.3, 0.4) is 0 Å². The van der Waals surface area contributed by atoms with Crippen molar-refractivity contribution >= 4 is 39.5 Å². The summed E-state index contributed by atoms with van der Waals surface area (Å²) in [7, 11) is -3.75. The van der Waals surface area contributed by atoms with Crippen molar-refractivity contribution in [1.82, 2.24) is 19.8 Å². The van der Waals surface area contributed by atoms with Gasteiger partial charge in [-0.1, -0.05) is 23.7 Å². The van der Waals surface area contributed by atoms with Crippen molar-refractivity contribution in [1.29, 1.82) is 0 Å². The Kier molecular flexibility index (Phi) is 10.8. The van der Waals surface area contributed by atoms with Gasteiger partial charge in [-0.15, -0.1) is 0 Å². The van der Waals surface area contributed by atoms with E-state index in [1.54, 1.807) is 0 Å². The summed E-state index contributed by atoms with van der Waals surface area (Å²) in [5, 5.41) is 12.7.